The predicted molar refractivity (Wildman–Crippen MR) is 97.0 cm³/mol. The third kappa shape index (κ3) is 5.26. The molecule has 0 spiro atoms. The molecule has 0 bridgehead atoms. The molecule has 0 aliphatic rings. The van der Waals surface area contributed by atoms with Gasteiger partial charge in [0.15, 0.2) is 0 Å². The van der Waals surface area contributed by atoms with Crippen molar-refractivity contribution in [3.63, 3.8) is 0 Å². The van der Waals surface area contributed by atoms with Crippen LogP contribution in [0, 0.1) is 0 Å². The van der Waals surface area contributed by atoms with Crippen molar-refractivity contribution in [3.05, 3.63) is 42.5 Å². The van der Waals surface area contributed by atoms with Crippen molar-refractivity contribution < 1.29 is 25.9 Å². The molecule has 3 N–H and O–H groups in total. The maximum atomic E-state index is 11.6. The van der Waals surface area contributed by atoms with Gasteiger partial charge in [0.25, 0.3) is 20.2 Å². The first-order chi connectivity index (χ1) is 12.6. The zero-order chi connectivity index (χ0) is 19.7. The first kappa shape index (κ1) is 22.2. The molecule has 0 saturated carbocycles. The van der Waals surface area contributed by atoms with Crippen molar-refractivity contribution in [1.29, 1.82) is 0 Å². The van der Waals surface area contributed by atoms with Crippen LogP contribution in [0.4, 0.5) is 11.4 Å². The minimum atomic E-state index is -4.60. The molecular formula is C13H11N6NaO6S2. The SMILES string of the molecule is O=S(=O)(O)c1ccc(N=Nc2ccc(-c3nn[nH]n3)c(S(=O)(=O)O)c2)cc1.[NaH]. The Labute approximate surface area is 180 Å². The van der Waals surface area contributed by atoms with E-state index in [2.05, 4.69) is 30.9 Å². The zero-order valence-electron chi connectivity index (χ0n) is 13.1. The summed E-state index contributed by atoms with van der Waals surface area (Å²) < 4.78 is 63.6. The number of nitrogens with zero attached hydrogens (tertiary/aromatic N) is 5. The first-order valence-electron chi connectivity index (χ1n) is 6.99. The summed E-state index contributed by atoms with van der Waals surface area (Å²) in [4.78, 5) is -0.790. The standard InChI is InChI=1S/C13H10N6O6S2.Na.H/c20-26(21,22)10-4-1-8(2-5-10)14-15-9-3-6-11(13-16-18-19-17-13)12(7-9)27(23,24)25;;/h1-7H,(H,20,21,22)(H,23,24,25)(H,16,17,18,19);;. The van der Waals surface area contributed by atoms with Crippen molar-refractivity contribution in [2.45, 2.75) is 9.79 Å². The Hall–Kier alpha value is -2.07. The number of nitrogens with one attached hydrogen (secondary N) is 1. The third-order valence-corrected chi connectivity index (χ3v) is 5.01. The average molecular weight is 434 g/mol. The summed E-state index contributed by atoms with van der Waals surface area (Å²) in [7, 11) is -8.93. The van der Waals surface area contributed by atoms with Crippen LogP contribution >= 0.6 is 0 Å². The maximum absolute atomic E-state index is 11.6. The van der Waals surface area contributed by atoms with Crippen LogP contribution in [0.5, 0.6) is 0 Å². The molecule has 0 radical (unpaired) electrons. The Morgan fingerprint density at radius 3 is 2.00 bits per heavy atom. The number of rotatable bonds is 5. The summed E-state index contributed by atoms with van der Waals surface area (Å²) in [5, 5.41) is 20.5. The summed E-state index contributed by atoms with van der Waals surface area (Å²) in [6.07, 6.45) is 0. The van der Waals surface area contributed by atoms with Gasteiger partial charge in [-0.3, -0.25) is 9.11 Å². The molecule has 3 rings (SSSR count). The number of hydrogen-bond acceptors (Lipinski definition) is 9. The van der Waals surface area contributed by atoms with Gasteiger partial charge in [-0.2, -0.15) is 32.3 Å². The Kier molecular flexibility index (Phi) is 6.76. The van der Waals surface area contributed by atoms with E-state index >= 15 is 0 Å². The number of H-pyrrole nitrogens is 1. The molecule has 3 aromatic rings. The van der Waals surface area contributed by atoms with Gasteiger partial charge in [0.1, 0.15) is 4.90 Å². The molecule has 1 aromatic heterocycles. The molecule has 28 heavy (non-hydrogen) atoms. The molecule has 0 amide bonds. The van der Waals surface area contributed by atoms with Crippen molar-refractivity contribution in [2.24, 2.45) is 10.2 Å². The predicted octanol–water partition coefficient (Wildman–Crippen LogP) is 1.13. The number of aromatic amines is 1. The van der Waals surface area contributed by atoms with Gasteiger partial charge >= 0.3 is 29.6 Å². The van der Waals surface area contributed by atoms with Gasteiger partial charge in [-0.15, -0.1) is 10.2 Å². The number of tetrazole rings is 1. The van der Waals surface area contributed by atoms with E-state index in [1.54, 1.807) is 0 Å². The van der Waals surface area contributed by atoms with Crippen LogP contribution in [0.25, 0.3) is 11.4 Å². The van der Waals surface area contributed by atoms with Gasteiger partial charge < -0.3 is 0 Å². The van der Waals surface area contributed by atoms with Crippen LogP contribution in [0.15, 0.2) is 62.5 Å². The van der Waals surface area contributed by atoms with E-state index in [1.807, 2.05) is 0 Å². The fourth-order valence-corrected chi connectivity index (χ4v) is 3.23. The van der Waals surface area contributed by atoms with Gasteiger partial charge in [0, 0.05) is 5.56 Å². The van der Waals surface area contributed by atoms with Gasteiger partial charge in [-0.1, -0.05) is 0 Å². The van der Waals surface area contributed by atoms with Crippen LogP contribution in [0.2, 0.25) is 0 Å². The van der Waals surface area contributed by atoms with Gasteiger partial charge in [-0.05, 0) is 47.7 Å². The molecule has 0 aliphatic heterocycles. The summed E-state index contributed by atoms with van der Waals surface area (Å²) in [5.74, 6) is -0.0353. The third-order valence-electron chi connectivity index (χ3n) is 3.24. The van der Waals surface area contributed by atoms with Gasteiger partial charge in [-0.25, -0.2) is 0 Å². The summed E-state index contributed by atoms with van der Waals surface area (Å²) in [6.45, 7) is 0. The van der Waals surface area contributed by atoms with Crippen molar-refractivity contribution in [3.8, 4) is 11.4 Å². The molecule has 2 aromatic carbocycles. The van der Waals surface area contributed by atoms with Crippen LogP contribution < -0.4 is 0 Å². The fraction of sp³-hybridized carbons (Fsp3) is 0. The Morgan fingerprint density at radius 2 is 1.46 bits per heavy atom. The van der Waals surface area contributed by atoms with E-state index in [0.717, 1.165) is 18.2 Å². The number of hydrogen-bond donors (Lipinski definition) is 3. The van der Waals surface area contributed by atoms with Crippen molar-refractivity contribution in [1.82, 2.24) is 20.6 Å². The molecule has 142 valence electrons. The van der Waals surface area contributed by atoms with Crippen molar-refractivity contribution in [2.75, 3.05) is 0 Å². The second kappa shape index (κ2) is 8.52. The van der Waals surface area contributed by atoms with Crippen LogP contribution in [0.1, 0.15) is 0 Å². The molecule has 0 unspecified atom stereocenters. The fourth-order valence-electron chi connectivity index (χ4n) is 2.05. The Bertz CT molecular complexity index is 1210. The topological polar surface area (TPSA) is 188 Å². The van der Waals surface area contributed by atoms with Crippen LogP contribution in [0.3, 0.4) is 0 Å². The minimum absolute atomic E-state index is 0. The van der Waals surface area contributed by atoms with E-state index in [9.17, 15) is 21.4 Å². The molecule has 0 saturated heterocycles. The van der Waals surface area contributed by atoms with E-state index in [4.69, 9.17) is 4.55 Å². The molecule has 15 heteroatoms. The van der Waals surface area contributed by atoms with Gasteiger partial charge in [0.05, 0.1) is 16.3 Å². The monoisotopic (exact) mass is 434 g/mol. The molecular weight excluding hydrogens is 423 g/mol. The van der Waals surface area contributed by atoms with Crippen LogP contribution in [-0.4, -0.2) is 76.1 Å². The number of azo groups is 1. The summed E-state index contributed by atoms with van der Waals surface area (Å²) >= 11 is 0. The summed E-state index contributed by atoms with van der Waals surface area (Å²) in [6, 6.07) is 8.66. The van der Waals surface area contributed by atoms with E-state index in [-0.39, 0.29) is 57.2 Å². The molecule has 0 aliphatic carbocycles. The molecule has 0 fully saturated rings. The number of benzene rings is 2. The zero-order valence-corrected chi connectivity index (χ0v) is 14.8. The van der Waals surface area contributed by atoms with E-state index in [0.29, 0.717) is 0 Å². The number of aromatic nitrogens is 4. The average Bonchev–Trinajstić information content (AvgIpc) is 3.13. The van der Waals surface area contributed by atoms with E-state index < -0.39 is 25.1 Å². The van der Waals surface area contributed by atoms with Crippen molar-refractivity contribution >= 4 is 61.2 Å². The van der Waals surface area contributed by atoms with Gasteiger partial charge in [0.2, 0.25) is 5.82 Å². The first-order valence-corrected chi connectivity index (χ1v) is 9.87. The molecule has 1 heterocycles. The summed E-state index contributed by atoms with van der Waals surface area (Å²) in [5.41, 5.74) is 0.356. The Morgan fingerprint density at radius 1 is 0.857 bits per heavy atom. The second-order valence-electron chi connectivity index (χ2n) is 5.06. The quantitative estimate of drug-likeness (QED) is 0.300. The molecule has 0 atom stereocenters. The van der Waals surface area contributed by atoms with E-state index in [1.165, 1.54) is 24.3 Å². The molecule has 12 nitrogen and oxygen atoms in total. The van der Waals surface area contributed by atoms with Crippen LogP contribution in [-0.2, 0) is 20.2 Å². The second-order valence-corrected chi connectivity index (χ2v) is 7.87. The Balaban J connectivity index is 0.00000280. The normalized spacial score (nSPS) is 12.1.